The molecule has 0 aromatic carbocycles. The molecule has 2 radical (unpaired) electrons. The standard InChI is InChI=1S/C5H5O.Cu/c1-5-3-2-4-6-5;/h2-4H,1H2;. The Hall–Kier alpha value is -0.201. The number of hydrogen-bond donors (Lipinski definition) is 0. The van der Waals surface area contributed by atoms with Crippen molar-refractivity contribution in [2.24, 2.45) is 0 Å². The zero-order valence-electron chi connectivity index (χ0n) is 3.65. The van der Waals surface area contributed by atoms with E-state index in [2.05, 4.69) is 6.92 Å². The van der Waals surface area contributed by atoms with Gasteiger partial charge in [-0.25, -0.2) is 0 Å². The van der Waals surface area contributed by atoms with Crippen molar-refractivity contribution in [1.82, 2.24) is 0 Å². The Morgan fingerprint density at radius 3 is 2.43 bits per heavy atom. The first-order valence-corrected chi connectivity index (χ1v) is 1.75. The van der Waals surface area contributed by atoms with Crippen LogP contribution in [0, 0.1) is 6.92 Å². The van der Waals surface area contributed by atoms with Gasteiger partial charge in [-0.2, -0.15) is 0 Å². The van der Waals surface area contributed by atoms with Crippen LogP contribution in [0.5, 0.6) is 0 Å². The molecule has 0 saturated carbocycles. The van der Waals surface area contributed by atoms with Crippen LogP contribution < -0.4 is 0 Å². The predicted molar refractivity (Wildman–Crippen MR) is 23.2 cm³/mol. The summed E-state index contributed by atoms with van der Waals surface area (Å²) in [4.78, 5) is 0. The van der Waals surface area contributed by atoms with Gasteiger partial charge in [-0.1, -0.05) is 0 Å². The number of rotatable bonds is 0. The number of hydrogen-bond acceptors (Lipinski definition) is 1. The van der Waals surface area contributed by atoms with Gasteiger partial charge in [0, 0.05) is 24.0 Å². The summed E-state index contributed by atoms with van der Waals surface area (Å²) in [5.74, 6) is 0.718. The topological polar surface area (TPSA) is 13.1 Å². The fraction of sp³-hybridized carbons (Fsp3) is 0. The van der Waals surface area contributed by atoms with Crippen LogP contribution in [0.15, 0.2) is 22.8 Å². The Kier molecular flexibility index (Phi) is 2.81. The molecule has 0 aliphatic carbocycles. The molecule has 1 aromatic heterocycles. The minimum absolute atomic E-state index is 0. The van der Waals surface area contributed by atoms with E-state index in [0.29, 0.717) is 0 Å². The van der Waals surface area contributed by atoms with Crippen molar-refractivity contribution >= 4 is 0 Å². The van der Waals surface area contributed by atoms with Gasteiger partial charge in [0.15, 0.2) is 0 Å². The van der Waals surface area contributed by atoms with Gasteiger partial charge in [-0.15, -0.1) is 0 Å². The molecule has 0 aliphatic rings. The van der Waals surface area contributed by atoms with E-state index in [9.17, 15) is 0 Å². The van der Waals surface area contributed by atoms with Crippen molar-refractivity contribution in [3.05, 3.63) is 31.1 Å². The van der Waals surface area contributed by atoms with Crippen molar-refractivity contribution in [3.8, 4) is 0 Å². The van der Waals surface area contributed by atoms with Gasteiger partial charge in [0.2, 0.25) is 0 Å². The predicted octanol–water partition coefficient (Wildman–Crippen LogP) is 1.46. The van der Waals surface area contributed by atoms with E-state index < -0.39 is 0 Å². The van der Waals surface area contributed by atoms with Crippen LogP contribution in [0.25, 0.3) is 0 Å². The van der Waals surface area contributed by atoms with Crippen molar-refractivity contribution in [2.45, 2.75) is 0 Å². The maximum atomic E-state index is 4.72. The first-order chi connectivity index (χ1) is 2.89. The molecule has 0 unspecified atom stereocenters. The van der Waals surface area contributed by atoms with E-state index in [1.807, 2.05) is 6.07 Å². The summed E-state index contributed by atoms with van der Waals surface area (Å²) in [6.07, 6.45) is 1.60. The van der Waals surface area contributed by atoms with E-state index in [1.54, 1.807) is 12.3 Å². The molecule has 0 amide bonds. The van der Waals surface area contributed by atoms with E-state index >= 15 is 0 Å². The van der Waals surface area contributed by atoms with Crippen molar-refractivity contribution < 1.29 is 21.5 Å². The zero-order chi connectivity index (χ0) is 4.41. The quantitative estimate of drug-likeness (QED) is 0.503. The van der Waals surface area contributed by atoms with Crippen LogP contribution in [0.3, 0.4) is 0 Å². The SMILES string of the molecule is [CH2]c1ccco1.[Cu]. The summed E-state index contributed by atoms with van der Waals surface area (Å²) >= 11 is 0. The fourth-order valence-corrected chi connectivity index (χ4v) is 0.313. The second-order valence-corrected chi connectivity index (χ2v) is 1.08. The van der Waals surface area contributed by atoms with Crippen molar-refractivity contribution in [3.63, 3.8) is 0 Å². The Balaban J connectivity index is 0.000000360. The second-order valence-electron chi connectivity index (χ2n) is 1.08. The van der Waals surface area contributed by atoms with Crippen LogP contribution in [-0.2, 0) is 17.1 Å². The number of furan rings is 1. The monoisotopic (exact) mass is 144 g/mol. The van der Waals surface area contributed by atoms with Crippen LogP contribution in [0.1, 0.15) is 5.76 Å². The minimum atomic E-state index is 0. The fourth-order valence-electron chi connectivity index (χ4n) is 0.313. The van der Waals surface area contributed by atoms with Crippen molar-refractivity contribution in [1.29, 1.82) is 0 Å². The average Bonchev–Trinajstić information content (AvgIpc) is 1.86. The van der Waals surface area contributed by atoms with Crippen LogP contribution in [0.4, 0.5) is 0 Å². The molecule has 7 heavy (non-hydrogen) atoms. The molecule has 0 saturated heterocycles. The molecular weight excluding hydrogens is 140 g/mol. The summed E-state index contributed by atoms with van der Waals surface area (Å²) in [5.41, 5.74) is 0. The summed E-state index contributed by atoms with van der Waals surface area (Å²) in [6, 6.07) is 3.61. The summed E-state index contributed by atoms with van der Waals surface area (Å²) in [6.45, 7) is 3.51. The molecule has 0 aliphatic heterocycles. The Morgan fingerprint density at radius 1 is 1.57 bits per heavy atom. The van der Waals surface area contributed by atoms with Gasteiger partial charge < -0.3 is 4.42 Å². The van der Waals surface area contributed by atoms with E-state index in [-0.39, 0.29) is 17.1 Å². The largest absolute Gasteiger partial charge is 0.469 e. The molecule has 0 fully saturated rings. The van der Waals surface area contributed by atoms with Crippen molar-refractivity contribution in [2.75, 3.05) is 0 Å². The molecular formula is C5H5CuO. The normalized spacial score (nSPS) is 7.57. The molecule has 0 N–H and O–H groups in total. The van der Waals surface area contributed by atoms with E-state index in [0.717, 1.165) is 5.76 Å². The Bertz CT molecular complexity index is 112. The smallest absolute Gasteiger partial charge is 0.104 e. The third-order valence-electron chi connectivity index (χ3n) is 0.580. The van der Waals surface area contributed by atoms with Gasteiger partial charge in [-0.3, -0.25) is 0 Å². The van der Waals surface area contributed by atoms with Gasteiger partial charge in [0.1, 0.15) is 5.76 Å². The molecule has 0 bridgehead atoms. The van der Waals surface area contributed by atoms with E-state index in [4.69, 9.17) is 4.42 Å². The summed E-state index contributed by atoms with van der Waals surface area (Å²) in [5, 5.41) is 0. The third kappa shape index (κ3) is 1.81. The molecule has 2 heteroatoms. The van der Waals surface area contributed by atoms with Gasteiger partial charge >= 0.3 is 0 Å². The van der Waals surface area contributed by atoms with Gasteiger partial charge in [0.25, 0.3) is 0 Å². The van der Waals surface area contributed by atoms with Crippen LogP contribution in [-0.4, -0.2) is 0 Å². The average molecular weight is 145 g/mol. The molecule has 0 spiro atoms. The van der Waals surface area contributed by atoms with Crippen LogP contribution in [0.2, 0.25) is 0 Å². The van der Waals surface area contributed by atoms with Crippen LogP contribution >= 0.6 is 0 Å². The van der Waals surface area contributed by atoms with Gasteiger partial charge in [0.05, 0.1) is 6.26 Å². The van der Waals surface area contributed by atoms with Gasteiger partial charge in [-0.05, 0) is 12.1 Å². The molecule has 42 valence electrons. The maximum absolute atomic E-state index is 4.72. The maximum Gasteiger partial charge on any atom is 0.104 e. The summed E-state index contributed by atoms with van der Waals surface area (Å²) in [7, 11) is 0. The summed E-state index contributed by atoms with van der Waals surface area (Å²) < 4.78 is 4.72. The minimum Gasteiger partial charge on any atom is -0.469 e. The first kappa shape index (κ1) is 6.80. The molecule has 1 nitrogen and oxygen atoms in total. The van der Waals surface area contributed by atoms with E-state index in [1.165, 1.54) is 0 Å². The molecule has 0 atom stereocenters. The molecule has 1 rings (SSSR count). The molecule has 1 heterocycles. The molecule has 1 aromatic rings. The third-order valence-corrected chi connectivity index (χ3v) is 0.580. The Labute approximate surface area is 53.2 Å². The zero-order valence-corrected chi connectivity index (χ0v) is 4.59. The Morgan fingerprint density at radius 2 is 2.29 bits per heavy atom. The second kappa shape index (κ2) is 2.89. The first-order valence-electron chi connectivity index (χ1n) is 1.75.